The first-order chi connectivity index (χ1) is 9.28. The van der Waals surface area contributed by atoms with Gasteiger partial charge in [0, 0.05) is 6.04 Å². The van der Waals surface area contributed by atoms with Crippen LogP contribution in [0.5, 0.6) is 0 Å². The SMILES string of the molecule is CCCC1CCCC(NCC2CCCC(C)C2)CC1. The average Bonchev–Trinajstić information content (AvgIpc) is 2.63. The van der Waals surface area contributed by atoms with Crippen molar-refractivity contribution >= 4 is 0 Å². The van der Waals surface area contributed by atoms with Gasteiger partial charge in [-0.25, -0.2) is 0 Å². The first-order valence-corrected chi connectivity index (χ1v) is 9.01. The second kappa shape index (κ2) is 8.29. The number of rotatable bonds is 5. The molecule has 1 heteroatoms. The number of hydrogen-bond donors (Lipinski definition) is 1. The van der Waals surface area contributed by atoms with Crippen molar-refractivity contribution in [1.29, 1.82) is 0 Å². The van der Waals surface area contributed by atoms with Crippen LogP contribution in [-0.4, -0.2) is 12.6 Å². The second-order valence-electron chi connectivity index (χ2n) is 7.41. The van der Waals surface area contributed by atoms with Crippen LogP contribution in [0.2, 0.25) is 0 Å². The van der Waals surface area contributed by atoms with E-state index in [-0.39, 0.29) is 0 Å². The molecule has 4 unspecified atom stereocenters. The predicted molar refractivity (Wildman–Crippen MR) is 84.4 cm³/mol. The minimum Gasteiger partial charge on any atom is -0.314 e. The molecule has 2 rings (SSSR count). The van der Waals surface area contributed by atoms with Gasteiger partial charge in [0.15, 0.2) is 0 Å². The van der Waals surface area contributed by atoms with E-state index in [1.165, 1.54) is 77.2 Å². The highest BCUT2D eigenvalue weighted by atomic mass is 14.9. The van der Waals surface area contributed by atoms with E-state index >= 15 is 0 Å². The summed E-state index contributed by atoms with van der Waals surface area (Å²) in [5.74, 6) is 2.98. The second-order valence-corrected chi connectivity index (χ2v) is 7.41. The topological polar surface area (TPSA) is 12.0 Å². The average molecular weight is 265 g/mol. The Kier molecular flexibility index (Phi) is 6.70. The van der Waals surface area contributed by atoms with Crippen LogP contribution < -0.4 is 5.32 Å². The van der Waals surface area contributed by atoms with E-state index in [0.717, 1.165) is 23.8 Å². The molecule has 0 spiro atoms. The minimum absolute atomic E-state index is 0.832. The van der Waals surface area contributed by atoms with E-state index in [9.17, 15) is 0 Å². The predicted octanol–water partition coefficient (Wildman–Crippen LogP) is 5.15. The molecule has 4 atom stereocenters. The molecule has 2 aliphatic carbocycles. The molecule has 0 aromatic heterocycles. The third-order valence-electron chi connectivity index (χ3n) is 5.53. The van der Waals surface area contributed by atoms with Crippen molar-refractivity contribution in [3.8, 4) is 0 Å². The van der Waals surface area contributed by atoms with Gasteiger partial charge in [0.2, 0.25) is 0 Å². The zero-order valence-corrected chi connectivity index (χ0v) is 13.3. The van der Waals surface area contributed by atoms with Crippen molar-refractivity contribution in [2.45, 2.75) is 90.5 Å². The summed E-state index contributed by atoms with van der Waals surface area (Å²) in [4.78, 5) is 0. The van der Waals surface area contributed by atoms with Crippen molar-refractivity contribution in [2.24, 2.45) is 17.8 Å². The van der Waals surface area contributed by atoms with Crippen LogP contribution >= 0.6 is 0 Å². The molecule has 2 aliphatic rings. The Morgan fingerprint density at radius 3 is 2.47 bits per heavy atom. The van der Waals surface area contributed by atoms with Crippen LogP contribution in [0.1, 0.15) is 84.5 Å². The smallest absolute Gasteiger partial charge is 0.00672 e. The van der Waals surface area contributed by atoms with Crippen LogP contribution in [0.25, 0.3) is 0 Å². The summed E-state index contributed by atoms with van der Waals surface area (Å²) in [7, 11) is 0. The van der Waals surface area contributed by atoms with Gasteiger partial charge in [-0.2, -0.15) is 0 Å². The monoisotopic (exact) mass is 265 g/mol. The Hall–Kier alpha value is -0.0400. The molecule has 1 N–H and O–H groups in total. The van der Waals surface area contributed by atoms with Crippen LogP contribution in [-0.2, 0) is 0 Å². The van der Waals surface area contributed by atoms with E-state index in [1.807, 2.05) is 0 Å². The van der Waals surface area contributed by atoms with E-state index in [4.69, 9.17) is 0 Å². The summed E-state index contributed by atoms with van der Waals surface area (Å²) in [6.07, 6.45) is 16.0. The van der Waals surface area contributed by atoms with Gasteiger partial charge in [-0.15, -0.1) is 0 Å². The zero-order valence-electron chi connectivity index (χ0n) is 13.3. The fourth-order valence-electron chi connectivity index (χ4n) is 4.36. The zero-order chi connectivity index (χ0) is 13.5. The van der Waals surface area contributed by atoms with Gasteiger partial charge >= 0.3 is 0 Å². The molecule has 0 heterocycles. The third kappa shape index (κ3) is 5.45. The Morgan fingerprint density at radius 2 is 1.68 bits per heavy atom. The van der Waals surface area contributed by atoms with Crippen molar-refractivity contribution in [2.75, 3.05) is 6.54 Å². The molecule has 0 aromatic rings. The van der Waals surface area contributed by atoms with Gasteiger partial charge in [0.25, 0.3) is 0 Å². The molecule has 19 heavy (non-hydrogen) atoms. The molecule has 0 radical (unpaired) electrons. The van der Waals surface area contributed by atoms with E-state index in [1.54, 1.807) is 0 Å². The molecular formula is C18H35N. The lowest BCUT2D eigenvalue weighted by Crippen LogP contribution is -2.34. The molecule has 0 bridgehead atoms. The summed E-state index contributed by atoms with van der Waals surface area (Å²) < 4.78 is 0. The van der Waals surface area contributed by atoms with Gasteiger partial charge in [-0.3, -0.25) is 0 Å². The lowest BCUT2D eigenvalue weighted by Gasteiger charge is -2.28. The quantitative estimate of drug-likeness (QED) is 0.678. The van der Waals surface area contributed by atoms with E-state index in [0.29, 0.717) is 0 Å². The molecule has 2 fully saturated rings. The lowest BCUT2D eigenvalue weighted by atomic mass is 9.82. The molecule has 0 saturated heterocycles. The highest BCUT2D eigenvalue weighted by Crippen LogP contribution is 2.29. The third-order valence-corrected chi connectivity index (χ3v) is 5.53. The Balaban J connectivity index is 1.65. The van der Waals surface area contributed by atoms with Crippen molar-refractivity contribution in [1.82, 2.24) is 5.32 Å². The standard InChI is InChI=1S/C18H35N/c1-3-6-16-8-5-10-18(12-11-16)19-14-17-9-4-7-15(2)13-17/h15-19H,3-14H2,1-2H3. The Bertz CT molecular complexity index is 238. The van der Waals surface area contributed by atoms with Crippen LogP contribution in [0.15, 0.2) is 0 Å². The van der Waals surface area contributed by atoms with Gasteiger partial charge in [0.1, 0.15) is 0 Å². The lowest BCUT2D eigenvalue weighted by molar-refractivity contribution is 0.262. The molecule has 0 aliphatic heterocycles. The molecule has 112 valence electrons. The largest absolute Gasteiger partial charge is 0.314 e. The van der Waals surface area contributed by atoms with Gasteiger partial charge in [-0.1, -0.05) is 52.4 Å². The van der Waals surface area contributed by atoms with Gasteiger partial charge in [-0.05, 0) is 56.4 Å². The fraction of sp³-hybridized carbons (Fsp3) is 1.00. The maximum atomic E-state index is 3.91. The van der Waals surface area contributed by atoms with Gasteiger partial charge < -0.3 is 5.32 Å². The highest BCUT2D eigenvalue weighted by Gasteiger charge is 2.21. The van der Waals surface area contributed by atoms with Crippen LogP contribution in [0.4, 0.5) is 0 Å². The molecule has 0 amide bonds. The first kappa shape index (κ1) is 15.4. The minimum atomic E-state index is 0.832. The summed E-state index contributed by atoms with van der Waals surface area (Å²) in [6, 6.07) is 0.832. The van der Waals surface area contributed by atoms with E-state index in [2.05, 4.69) is 19.2 Å². The highest BCUT2D eigenvalue weighted by molar-refractivity contribution is 4.78. The Morgan fingerprint density at radius 1 is 0.895 bits per heavy atom. The van der Waals surface area contributed by atoms with Crippen molar-refractivity contribution < 1.29 is 0 Å². The summed E-state index contributed by atoms with van der Waals surface area (Å²) >= 11 is 0. The normalized spacial score (nSPS) is 36.9. The Labute approximate surface area is 120 Å². The maximum Gasteiger partial charge on any atom is 0.00672 e. The van der Waals surface area contributed by atoms with E-state index < -0.39 is 0 Å². The number of nitrogens with one attached hydrogen (secondary N) is 1. The summed E-state index contributed by atoms with van der Waals surface area (Å²) in [6.45, 7) is 6.07. The van der Waals surface area contributed by atoms with Crippen LogP contribution in [0.3, 0.4) is 0 Å². The van der Waals surface area contributed by atoms with Gasteiger partial charge in [0.05, 0.1) is 0 Å². The first-order valence-electron chi connectivity index (χ1n) is 9.01. The molecule has 2 saturated carbocycles. The molecular weight excluding hydrogens is 230 g/mol. The maximum absolute atomic E-state index is 3.91. The summed E-state index contributed by atoms with van der Waals surface area (Å²) in [5, 5.41) is 3.91. The van der Waals surface area contributed by atoms with Crippen LogP contribution in [0, 0.1) is 17.8 Å². The summed E-state index contributed by atoms with van der Waals surface area (Å²) in [5.41, 5.74) is 0. The number of hydrogen-bond acceptors (Lipinski definition) is 1. The fourth-order valence-corrected chi connectivity index (χ4v) is 4.36. The van der Waals surface area contributed by atoms with Crippen molar-refractivity contribution in [3.05, 3.63) is 0 Å². The molecule has 0 aromatic carbocycles. The molecule has 1 nitrogen and oxygen atoms in total. The van der Waals surface area contributed by atoms with Crippen molar-refractivity contribution in [3.63, 3.8) is 0 Å².